The van der Waals surface area contributed by atoms with Gasteiger partial charge in [-0.1, -0.05) is 39.5 Å². The van der Waals surface area contributed by atoms with Crippen LogP contribution >= 0.6 is 0 Å². The molecule has 0 aromatic heterocycles. The molecule has 1 N–H and O–H groups in total. The largest absolute Gasteiger partial charge is 0.314 e. The normalized spacial score (nSPS) is 20.7. The zero-order valence-electron chi connectivity index (χ0n) is 13.3. The van der Waals surface area contributed by atoms with E-state index < -0.39 is 0 Å². The molecule has 0 atom stereocenters. The summed E-state index contributed by atoms with van der Waals surface area (Å²) in [4.78, 5) is 2.54. The van der Waals surface area contributed by atoms with Crippen molar-refractivity contribution >= 4 is 0 Å². The summed E-state index contributed by atoms with van der Waals surface area (Å²) in [5.41, 5.74) is 0.514. The molecule has 0 unspecified atom stereocenters. The first-order chi connectivity index (χ1) is 8.45. The van der Waals surface area contributed by atoms with Gasteiger partial charge in [0, 0.05) is 25.2 Å². The summed E-state index contributed by atoms with van der Waals surface area (Å²) in [7, 11) is 2.28. The zero-order chi connectivity index (χ0) is 13.6. The number of nitrogens with one attached hydrogen (secondary N) is 1. The van der Waals surface area contributed by atoms with Crippen LogP contribution in [0.15, 0.2) is 0 Å². The standard InChI is InChI=1S/C16H34N2/c1-14(2)17-12-16(13-18(5)15(3)4)10-8-6-7-9-11-16/h14-15,17H,6-13H2,1-5H3. The van der Waals surface area contributed by atoms with Crippen molar-refractivity contribution in [3.05, 3.63) is 0 Å². The molecule has 0 saturated heterocycles. The monoisotopic (exact) mass is 254 g/mol. The summed E-state index contributed by atoms with van der Waals surface area (Å²) in [6.45, 7) is 11.6. The van der Waals surface area contributed by atoms with Crippen LogP contribution in [0.2, 0.25) is 0 Å². The van der Waals surface area contributed by atoms with Crippen LogP contribution < -0.4 is 5.32 Å². The molecule has 18 heavy (non-hydrogen) atoms. The fourth-order valence-corrected chi connectivity index (χ4v) is 3.00. The minimum Gasteiger partial charge on any atom is -0.314 e. The van der Waals surface area contributed by atoms with Gasteiger partial charge in [-0.25, -0.2) is 0 Å². The SMILES string of the molecule is CC(C)NCC1(CN(C)C(C)C)CCCCCC1. The van der Waals surface area contributed by atoms with Crippen molar-refractivity contribution < 1.29 is 0 Å². The Morgan fingerprint density at radius 1 is 1.00 bits per heavy atom. The molecule has 0 heterocycles. The summed E-state index contributed by atoms with van der Waals surface area (Å²) in [5.74, 6) is 0. The fraction of sp³-hybridized carbons (Fsp3) is 1.00. The van der Waals surface area contributed by atoms with E-state index in [2.05, 4.69) is 45.0 Å². The summed E-state index contributed by atoms with van der Waals surface area (Å²) in [6.07, 6.45) is 8.54. The molecule has 0 aliphatic heterocycles. The van der Waals surface area contributed by atoms with E-state index >= 15 is 0 Å². The Labute approximate surface area is 115 Å². The molecule has 0 aromatic rings. The number of hydrogen-bond acceptors (Lipinski definition) is 2. The van der Waals surface area contributed by atoms with Crippen LogP contribution in [0.25, 0.3) is 0 Å². The second-order valence-electron chi connectivity index (χ2n) is 6.96. The van der Waals surface area contributed by atoms with E-state index in [4.69, 9.17) is 0 Å². The Balaban J connectivity index is 2.65. The minimum atomic E-state index is 0.514. The molecule has 108 valence electrons. The number of hydrogen-bond donors (Lipinski definition) is 1. The van der Waals surface area contributed by atoms with Gasteiger partial charge in [0.1, 0.15) is 0 Å². The van der Waals surface area contributed by atoms with Crippen LogP contribution in [0.1, 0.15) is 66.2 Å². The topological polar surface area (TPSA) is 15.3 Å². The maximum atomic E-state index is 3.70. The first-order valence-electron chi connectivity index (χ1n) is 7.89. The Hall–Kier alpha value is -0.0800. The molecule has 0 radical (unpaired) electrons. The molecule has 0 bridgehead atoms. The third kappa shape index (κ3) is 5.27. The Kier molecular flexibility index (Phi) is 6.65. The molecule has 1 aliphatic carbocycles. The molecule has 0 spiro atoms. The Morgan fingerprint density at radius 2 is 1.56 bits per heavy atom. The molecule has 1 saturated carbocycles. The van der Waals surface area contributed by atoms with Crippen molar-refractivity contribution in [3.8, 4) is 0 Å². The molecule has 0 aromatic carbocycles. The van der Waals surface area contributed by atoms with E-state index in [-0.39, 0.29) is 0 Å². The lowest BCUT2D eigenvalue weighted by Crippen LogP contribution is -2.46. The lowest BCUT2D eigenvalue weighted by Gasteiger charge is -2.39. The summed E-state index contributed by atoms with van der Waals surface area (Å²) < 4.78 is 0. The van der Waals surface area contributed by atoms with Gasteiger partial charge in [-0.3, -0.25) is 0 Å². The molecular weight excluding hydrogens is 220 g/mol. The minimum absolute atomic E-state index is 0.514. The molecule has 1 aliphatic rings. The van der Waals surface area contributed by atoms with Crippen LogP contribution in [0.5, 0.6) is 0 Å². The molecular formula is C16H34N2. The summed E-state index contributed by atoms with van der Waals surface area (Å²) in [5, 5.41) is 3.70. The Morgan fingerprint density at radius 3 is 2.00 bits per heavy atom. The van der Waals surface area contributed by atoms with E-state index in [1.807, 2.05) is 0 Å². The molecule has 0 amide bonds. The lowest BCUT2D eigenvalue weighted by molar-refractivity contribution is 0.123. The average molecular weight is 254 g/mol. The fourth-order valence-electron chi connectivity index (χ4n) is 3.00. The molecule has 1 rings (SSSR count). The summed E-state index contributed by atoms with van der Waals surface area (Å²) >= 11 is 0. The van der Waals surface area contributed by atoms with E-state index in [0.717, 1.165) is 0 Å². The first kappa shape index (κ1) is 16.0. The van der Waals surface area contributed by atoms with Crippen LogP contribution in [-0.2, 0) is 0 Å². The van der Waals surface area contributed by atoms with Gasteiger partial charge < -0.3 is 10.2 Å². The van der Waals surface area contributed by atoms with Gasteiger partial charge in [-0.2, -0.15) is 0 Å². The number of nitrogens with zero attached hydrogens (tertiary/aromatic N) is 1. The predicted molar refractivity (Wildman–Crippen MR) is 81.0 cm³/mol. The van der Waals surface area contributed by atoms with Crippen molar-refractivity contribution in [1.29, 1.82) is 0 Å². The van der Waals surface area contributed by atoms with Crippen LogP contribution in [-0.4, -0.2) is 37.1 Å². The van der Waals surface area contributed by atoms with E-state index in [0.29, 0.717) is 17.5 Å². The number of rotatable bonds is 6. The smallest absolute Gasteiger partial charge is 0.00498 e. The van der Waals surface area contributed by atoms with Gasteiger partial charge in [0.15, 0.2) is 0 Å². The maximum Gasteiger partial charge on any atom is 0.00498 e. The van der Waals surface area contributed by atoms with Crippen molar-refractivity contribution in [3.63, 3.8) is 0 Å². The third-order valence-electron chi connectivity index (χ3n) is 4.52. The van der Waals surface area contributed by atoms with Crippen molar-refractivity contribution in [2.45, 2.75) is 78.3 Å². The maximum absolute atomic E-state index is 3.70. The van der Waals surface area contributed by atoms with E-state index in [9.17, 15) is 0 Å². The zero-order valence-corrected chi connectivity index (χ0v) is 13.3. The Bertz CT molecular complexity index is 215. The van der Waals surface area contributed by atoms with Crippen molar-refractivity contribution in [2.75, 3.05) is 20.1 Å². The van der Waals surface area contributed by atoms with E-state index in [1.54, 1.807) is 0 Å². The second-order valence-corrected chi connectivity index (χ2v) is 6.96. The van der Waals surface area contributed by atoms with Crippen LogP contribution in [0.4, 0.5) is 0 Å². The highest BCUT2D eigenvalue weighted by atomic mass is 15.1. The van der Waals surface area contributed by atoms with E-state index in [1.165, 1.54) is 51.6 Å². The quantitative estimate of drug-likeness (QED) is 0.728. The van der Waals surface area contributed by atoms with Gasteiger partial charge in [0.05, 0.1) is 0 Å². The predicted octanol–water partition coefficient (Wildman–Crippen LogP) is 3.67. The second kappa shape index (κ2) is 7.49. The van der Waals surface area contributed by atoms with Gasteiger partial charge >= 0.3 is 0 Å². The first-order valence-corrected chi connectivity index (χ1v) is 7.89. The van der Waals surface area contributed by atoms with Gasteiger partial charge in [0.2, 0.25) is 0 Å². The molecule has 1 fully saturated rings. The van der Waals surface area contributed by atoms with Gasteiger partial charge in [-0.05, 0) is 39.2 Å². The summed E-state index contributed by atoms with van der Waals surface area (Å²) in [6, 6.07) is 1.26. The third-order valence-corrected chi connectivity index (χ3v) is 4.52. The van der Waals surface area contributed by atoms with Gasteiger partial charge in [0.25, 0.3) is 0 Å². The van der Waals surface area contributed by atoms with Crippen LogP contribution in [0.3, 0.4) is 0 Å². The highest BCUT2D eigenvalue weighted by Crippen LogP contribution is 2.35. The highest BCUT2D eigenvalue weighted by Gasteiger charge is 2.32. The van der Waals surface area contributed by atoms with Crippen molar-refractivity contribution in [1.82, 2.24) is 10.2 Å². The van der Waals surface area contributed by atoms with Crippen molar-refractivity contribution in [2.24, 2.45) is 5.41 Å². The molecule has 2 heteroatoms. The molecule has 2 nitrogen and oxygen atoms in total. The van der Waals surface area contributed by atoms with Crippen LogP contribution in [0, 0.1) is 5.41 Å². The van der Waals surface area contributed by atoms with Gasteiger partial charge in [-0.15, -0.1) is 0 Å². The highest BCUT2D eigenvalue weighted by molar-refractivity contribution is 4.87. The lowest BCUT2D eigenvalue weighted by atomic mass is 9.79. The average Bonchev–Trinajstić information content (AvgIpc) is 2.52.